The second-order valence-electron chi connectivity index (χ2n) is 6.77. The monoisotopic (exact) mass is 346 g/mol. The Kier molecular flexibility index (Phi) is 5.19. The fourth-order valence-corrected chi connectivity index (χ4v) is 3.90. The van der Waals surface area contributed by atoms with Crippen LogP contribution in [-0.2, 0) is 0 Å². The van der Waals surface area contributed by atoms with Crippen LogP contribution in [0.3, 0.4) is 0 Å². The van der Waals surface area contributed by atoms with Crippen molar-refractivity contribution < 1.29 is 4.74 Å². The first-order valence-corrected chi connectivity index (χ1v) is 9.52. The summed E-state index contributed by atoms with van der Waals surface area (Å²) in [5.74, 6) is 0.992. The molecule has 1 fully saturated rings. The molecular weight excluding hydrogens is 320 g/mol. The maximum atomic E-state index is 5.98. The van der Waals surface area contributed by atoms with Crippen LogP contribution in [0.15, 0.2) is 66.7 Å². The van der Waals surface area contributed by atoms with Crippen molar-refractivity contribution in [3.63, 3.8) is 0 Å². The highest BCUT2D eigenvalue weighted by atomic mass is 16.5. The Bertz CT molecular complexity index is 871. The first-order chi connectivity index (χ1) is 12.9. The molecule has 3 heteroatoms. The summed E-state index contributed by atoms with van der Waals surface area (Å²) in [6, 6.07) is 24.1. The van der Waals surface area contributed by atoms with Crippen LogP contribution < -0.4 is 10.1 Å². The lowest BCUT2D eigenvalue weighted by atomic mass is 9.93. The minimum absolute atomic E-state index is 0.212. The fraction of sp³-hybridized carbons (Fsp3) is 0.304. The van der Waals surface area contributed by atoms with Gasteiger partial charge < -0.3 is 10.1 Å². The first-order valence-electron chi connectivity index (χ1n) is 9.52. The van der Waals surface area contributed by atoms with E-state index in [-0.39, 0.29) is 6.04 Å². The average molecular weight is 346 g/mol. The van der Waals surface area contributed by atoms with Gasteiger partial charge in [0.15, 0.2) is 0 Å². The van der Waals surface area contributed by atoms with Crippen LogP contribution in [0.25, 0.3) is 10.8 Å². The van der Waals surface area contributed by atoms with E-state index in [0.717, 1.165) is 31.9 Å². The molecule has 3 aromatic carbocycles. The number of rotatable bonds is 5. The summed E-state index contributed by atoms with van der Waals surface area (Å²) < 4.78 is 5.98. The lowest BCUT2D eigenvalue weighted by Crippen LogP contribution is -2.45. The number of nitrogens with one attached hydrogen (secondary N) is 1. The van der Waals surface area contributed by atoms with Crippen LogP contribution >= 0.6 is 0 Å². The highest BCUT2D eigenvalue weighted by Gasteiger charge is 2.26. The van der Waals surface area contributed by atoms with E-state index in [0.29, 0.717) is 6.61 Å². The largest absolute Gasteiger partial charge is 0.494 e. The molecule has 1 N–H and O–H groups in total. The minimum atomic E-state index is 0.212. The average Bonchev–Trinajstić information content (AvgIpc) is 2.70. The molecule has 1 atom stereocenters. The second kappa shape index (κ2) is 7.90. The van der Waals surface area contributed by atoms with Gasteiger partial charge in [0.1, 0.15) is 5.75 Å². The molecule has 26 heavy (non-hydrogen) atoms. The Morgan fingerprint density at radius 1 is 0.923 bits per heavy atom. The van der Waals surface area contributed by atoms with Crippen molar-refractivity contribution in [2.45, 2.75) is 13.0 Å². The number of hydrogen-bond acceptors (Lipinski definition) is 3. The molecule has 1 unspecified atom stereocenters. The van der Waals surface area contributed by atoms with Crippen molar-refractivity contribution in [1.82, 2.24) is 10.2 Å². The number of para-hydroxylation sites is 1. The van der Waals surface area contributed by atoms with E-state index in [4.69, 9.17) is 4.74 Å². The van der Waals surface area contributed by atoms with Crippen LogP contribution in [0.4, 0.5) is 0 Å². The van der Waals surface area contributed by atoms with Gasteiger partial charge in [0.2, 0.25) is 0 Å². The Hall–Kier alpha value is -2.36. The van der Waals surface area contributed by atoms with Crippen LogP contribution in [0.2, 0.25) is 0 Å². The van der Waals surface area contributed by atoms with Gasteiger partial charge in [0, 0.05) is 31.7 Å². The lowest BCUT2D eigenvalue weighted by Gasteiger charge is -2.36. The summed E-state index contributed by atoms with van der Waals surface area (Å²) in [7, 11) is 0. The van der Waals surface area contributed by atoms with Gasteiger partial charge in [-0.1, -0.05) is 54.6 Å². The molecule has 1 saturated heterocycles. The van der Waals surface area contributed by atoms with Gasteiger partial charge in [0.25, 0.3) is 0 Å². The van der Waals surface area contributed by atoms with Crippen molar-refractivity contribution in [3.05, 3.63) is 77.9 Å². The molecule has 4 rings (SSSR count). The zero-order chi connectivity index (χ0) is 17.8. The maximum absolute atomic E-state index is 5.98. The topological polar surface area (TPSA) is 24.5 Å². The zero-order valence-corrected chi connectivity index (χ0v) is 15.3. The van der Waals surface area contributed by atoms with Gasteiger partial charge in [0.05, 0.1) is 12.6 Å². The molecule has 0 amide bonds. The number of hydrogen-bond donors (Lipinski definition) is 1. The van der Waals surface area contributed by atoms with Crippen molar-refractivity contribution in [2.75, 3.05) is 32.8 Å². The summed E-state index contributed by atoms with van der Waals surface area (Å²) in [6.07, 6.45) is 0. The van der Waals surface area contributed by atoms with Crippen molar-refractivity contribution in [2.24, 2.45) is 0 Å². The van der Waals surface area contributed by atoms with Gasteiger partial charge >= 0.3 is 0 Å². The molecule has 1 aliphatic heterocycles. The number of benzene rings is 3. The van der Waals surface area contributed by atoms with Gasteiger partial charge in [-0.25, -0.2) is 0 Å². The minimum Gasteiger partial charge on any atom is -0.494 e. The van der Waals surface area contributed by atoms with E-state index in [1.807, 2.05) is 6.92 Å². The normalized spacial score (nSPS) is 16.5. The lowest BCUT2D eigenvalue weighted by molar-refractivity contribution is 0.194. The number of fused-ring (bicyclic) bond motifs is 1. The third-order valence-electron chi connectivity index (χ3n) is 5.12. The van der Waals surface area contributed by atoms with Gasteiger partial charge in [-0.15, -0.1) is 0 Å². The van der Waals surface area contributed by atoms with E-state index in [1.165, 1.54) is 21.9 Å². The summed E-state index contributed by atoms with van der Waals surface area (Å²) in [6.45, 7) is 6.87. The zero-order valence-electron chi connectivity index (χ0n) is 15.3. The number of ether oxygens (including phenoxy) is 1. The number of nitrogens with zero attached hydrogens (tertiary/aromatic N) is 1. The summed E-state index contributed by atoms with van der Waals surface area (Å²) in [5, 5.41) is 6.05. The van der Waals surface area contributed by atoms with Crippen LogP contribution in [-0.4, -0.2) is 37.7 Å². The summed E-state index contributed by atoms with van der Waals surface area (Å²) in [4.78, 5) is 2.57. The Labute approximate surface area is 155 Å². The van der Waals surface area contributed by atoms with Gasteiger partial charge in [-0.3, -0.25) is 4.90 Å². The third-order valence-corrected chi connectivity index (χ3v) is 5.12. The molecule has 0 aromatic heterocycles. The molecule has 3 nitrogen and oxygen atoms in total. The second-order valence-corrected chi connectivity index (χ2v) is 6.77. The van der Waals surface area contributed by atoms with Gasteiger partial charge in [-0.2, -0.15) is 0 Å². The summed E-state index contributed by atoms with van der Waals surface area (Å²) >= 11 is 0. The molecule has 0 spiro atoms. The molecule has 1 heterocycles. The van der Waals surface area contributed by atoms with E-state index in [2.05, 4.69) is 76.9 Å². The SMILES string of the molecule is CCOc1ccccc1C(c1ccc2ccccc2c1)N1CCNCC1. The molecule has 134 valence electrons. The molecule has 0 radical (unpaired) electrons. The highest BCUT2D eigenvalue weighted by molar-refractivity contribution is 5.83. The predicted molar refractivity (Wildman–Crippen MR) is 108 cm³/mol. The van der Waals surface area contributed by atoms with Crippen LogP contribution in [0, 0.1) is 0 Å². The predicted octanol–water partition coefficient (Wildman–Crippen LogP) is 4.23. The van der Waals surface area contributed by atoms with E-state index >= 15 is 0 Å². The Morgan fingerprint density at radius 3 is 2.46 bits per heavy atom. The van der Waals surface area contributed by atoms with E-state index in [1.54, 1.807) is 0 Å². The van der Waals surface area contributed by atoms with Crippen LogP contribution in [0.5, 0.6) is 5.75 Å². The van der Waals surface area contributed by atoms with E-state index < -0.39 is 0 Å². The maximum Gasteiger partial charge on any atom is 0.124 e. The quantitative estimate of drug-likeness (QED) is 0.748. The molecule has 1 aliphatic rings. The van der Waals surface area contributed by atoms with Crippen molar-refractivity contribution in [3.8, 4) is 5.75 Å². The number of piperazine rings is 1. The highest BCUT2D eigenvalue weighted by Crippen LogP contribution is 2.36. The molecule has 0 bridgehead atoms. The van der Waals surface area contributed by atoms with Crippen molar-refractivity contribution in [1.29, 1.82) is 0 Å². The standard InChI is InChI=1S/C23H26N2O/c1-2-26-22-10-6-5-9-21(22)23(25-15-13-24-14-16-25)20-12-11-18-7-3-4-8-19(18)17-20/h3-12,17,23-24H,2,13-16H2,1H3. The van der Waals surface area contributed by atoms with Gasteiger partial charge in [-0.05, 0) is 35.4 Å². The Balaban J connectivity index is 1.82. The van der Waals surface area contributed by atoms with Crippen molar-refractivity contribution >= 4 is 10.8 Å². The fourth-order valence-electron chi connectivity index (χ4n) is 3.90. The molecule has 0 aliphatic carbocycles. The molecule has 0 saturated carbocycles. The smallest absolute Gasteiger partial charge is 0.124 e. The summed E-state index contributed by atoms with van der Waals surface area (Å²) in [5.41, 5.74) is 2.59. The van der Waals surface area contributed by atoms with Crippen LogP contribution in [0.1, 0.15) is 24.1 Å². The molecule has 3 aromatic rings. The van der Waals surface area contributed by atoms with E-state index in [9.17, 15) is 0 Å². The molecular formula is C23H26N2O. The Morgan fingerprint density at radius 2 is 1.65 bits per heavy atom. The third kappa shape index (κ3) is 3.46. The first kappa shape index (κ1) is 17.1.